The van der Waals surface area contributed by atoms with Gasteiger partial charge in [-0.1, -0.05) is 26.0 Å². The molecule has 0 N–H and O–H groups in total. The van der Waals surface area contributed by atoms with Crippen LogP contribution in [0.2, 0.25) is 0 Å². The van der Waals surface area contributed by atoms with Crippen molar-refractivity contribution < 1.29 is 0 Å². The van der Waals surface area contributed by atoms with Gasteiger partial charge >= 0.3 is 0 Å². The highest BCUT2D eigenvalue weighted by Crippen LogP contribution is 2.24. The van der Waals surface area contributed by atoms with Crippen LogP contribution in [-0.2, 0) is 0 Å². The van der Waals surface area contributed by atoms with Crippen molar-refractivity contribution in [1.29, 1.82) is 0 Å². The lowest BCUT2D eigenvalue weighted by molar-refractivity contribution is 0.382. The van der Waals surface area contributed by atoms with Crippen LogP contribution < -0.4 is 0 Å². The van der Waals surface area contributed by atoms with Crippen molar-refractivity contribution in [3.63, 3.8) is 0 Å². The highest BCUT2D eigenvalue weighted by molar-refractivity contribution is 4.89. The third-order valence-corrected chi connectivity index (χ3v) is 2.18. The first-order valence-corrected chi connectivity index (χ1v) is 4.44. The van der Waals surface area contributed by atoms with Crippen molar-refractivity contribution in [2.75, 3.05) is 0 Å². The van der Waals surface area contributed by atoms with Crippen LogP contribution in [0, 0.1) is 11.8 Å². The zero-order chi connectivity index (χ0) is 7.40. The molecule has 0 radical (unpaired) electrons. The molecule has 0 bridgehead atoms. The second-order valence-electron chi connectivity index (χ2n) is 3.78. The van der Waals surface area contributed by atoms with Gasteiger partial charge in [-0.15, -0.1) is 0 Å². The molecular weight excluding hydrogens is 120 g/mol. The summed E-state index contributed by atoms with van der Waals surface area (Å²) in [5.41, 5.74) is 0. The normalized spacial score (nSPS) is 25.7. The van der Waals surface area contributed by atoms with Crippen molar-refractivity contribution in [1.82, 2.24) is 0 Å². The first kappa shape index (κ1) is 7.84. The van der Waals surface area contributed by atoms with Crippen LogP contribution >= 0.6 is 0 Å². The summed E-state index contributed by atoms with van der Waals surface area (Å²) in [5, 5.41) is 0. The summed E-state index contributed by atoms with van der Waals surface area (Å²) in [6.45, 7) is 4.64. The van der Waals surface area contributed by atoms with Crippen LogP contribution in [0.5, 0.6) is 0 Å². The van der Waals surface area contributed by atoms with E-state index in [2.05, 4.69) is 26.0 Å². The minimum Gasteiger partial charge on any atom is -0.0885 e. The maximum absolute atomic E-state index is 2.34. The molecule has 0 saturated carbocycles. The van der Waals surface area contributed by atoms with Gasteiger partial charge in [0.1, 0.15) is 0 Å². The van der Waals surface area contributed by atoms with Crippen LogP contribution in [-0.4, -0.2) is 0 Å². The molecule has 0 heterocycles. The fraction of sp³-hybridized carbons (Fsp3) is 0.800. The Morgan fingerprint density at radius 1 is 1.40 bits per heavy atom. The largest absolute Gasteiger partial charge is 0.0885 e. The van der Waals surface area contributed by atoms with Gasteiger partial charge in [0, 0.05) is 0 Å². The fourth-order valence-electron chi connectivity index (χ4n) is 1.74. The first-order valence-electron chi connectivity index (χ1n) is 4.44. The summed E-state index contributed by atoms with van der Waals surface area (Å²) >= 11 is 0. The van der Waals surface area contributed by atoms with E-state index in [9.17, 15) is 0 Å². The Labute approximate surface area is 64.3 Å². The van der Waals surface area contributed by atoms with Gasteiger partial charge < -0.3 is 0 Å². The lowest BCUT2D eigenvalue weighted by Gasteiger charge is -2.19. The lowest BCUT2D eigenvalue weighted by atomic mass is 9.87. The van der Waals surface area contributed by atoms with E-state index >= 15 is 0 Å². The molecule has 0 aromatic carbocycles. The van der Waals surface area contributed by atoms with E-state index in [4.69, 9.17) is 0 Å². The van der Waals surface area contributed by atoms with Crippen LogP contribution in [0.1, 0.15) is 39.5 Å². The van der Waals surface area contributed by atoms with Crippen molar-refractivity contribution in [3.8, 4) is 0 Å². The molecule has 0 aromatic rings. The molecule has 1 aliphatic carbocycles. The van der Waals surface area contributed by atoms with Gasteiger partial charge in [0.05, 0.1) is 0 Å². The zero-order valence-electron chi connectivity index (χ0n) is 7.14. The van der Waals surface area contributed by atoms with E-state index in [0.29, 0.717) is 0 Å². The minimum absolute atomic E-state index is 0.886. The fourth-order valence-corrected chi connectivity index (χ4v) is 1.74. The van der Waals surface area contributed by atoms with Gasteiger partial charge in [-0.2, -0.15) is 0 Å². The Morgan fingerprint density at radius 2 is 2.20 bits per heavy atom. The Bertz CT molecular complexity index is 111. The maximum Gasteiger partial charge on any atom is -0.0322 e. The maximum atomic E-state index is 2.34. The van der Waals surface area contributed by atoms with Crippen LogP contribution in [0.4, 0.5) is 0 Å². The summed E-state index contributed by atoms with van der Waals surface area (Å²) < 4.78 is 0. The van der Waals surface area contributed by atoms with Gasteiger partial charge in [-0.05, 0) is 37.5 Å². The van der Waals surface area contributed by atoms with Crippen molar-refractivity contribution >= 4 is 0 Å². The summed E-state index contributed by atoms with van der Waals surface area (Å²) in [4.78, 5) is 0. The highest BCUT2D eigenvalue weighted by Gasteiger charge is 2.10. The molecule has 0 aromatic heterocycles. The summed E-state index contributed by atoms with van der Waals surface area (Å²) in [7, 11) is 0. The molecule has 0 spiro atoms. The molecule has 0 amide bonds. The average molecular weight is 138 g/mol. The molecule has 1 atom stereocenters. The van der Waals surface area contributed by atoms with Gasteiger partial charge in [-0.3, -0.25) is 0 Å². The van der Waals surface area contributed by atoms with E-state index in [1.54, 1.807) is 0 Å². The number of hydrogen-bond donors (Lipinski definition) is 0. The quantitative estimate of drug-likeness (QED) is 0.513. The van der Waals surface area contributed by atoms with Gasteiger partial charge in [0.2, 0.25) is 0 Å². The summed E-state index contributed by atoms with van der Waals surface area (Å²) in [6, 6.07) is 0. The Balaban J connectivity index is 2.22. The van der Waals surface area contributed by atoms with Crippen molar-refractivity contribution in [2.45, 2.75) is 39.5 Å². The second kappa shape index (κ2) is 3.80. The number of rotatable bonds is 2. The van der Waals surface area contributed by atoms with E-state index in [1.165, 1.54) is 25.7 Å². The van der Waals surface area contributed by atoms with E-state index in [0.717, 1.165) is 11.8 Å². The first-order chi connectivity index (χ1) is 4.79. The number of hydrogen-bond acceptors (Lipinski definition) is 0. The molecule has 0 aliphatic heterocycles. The van der Waals surface area contributed by atoms with Crippen molar-refractivity contribution in [2.24, 2.45) is 11.8 Å². The molecule has 58 valence electrons. The Hall–Kier alpha value is -0.260. The average Bonchev–Trinajstić information content (AvgIpc) is 1.88. The molecule has 1 aliphatic rings. The molecule has 0 saturated heterocycles. The SMILES string of the molecule is CC(C)CC1CC=CCC1. The minimum atomic E-state index is 0.886. The molecule has 0 heteroatoms. The lowest BCUT2D eigenvalue weighted by Crippen LogP contribution is -2.05. The number of allylic oxidation sites excluding steroid dienone is 2. The third-order valence-electron chi connectivity index (χ3n) is 2.18. The van der Waals surface area contributed by atoms with E-state index in [1.807, 2.05) is 0 Å². The smallest absolute Gasteiger partial charge is 0.0322 e. The van der Waals surface area contributed by atoms with E-state index < -0.39 is 0 Å². The molecule has 0 fully saturated rings. The standard InChI is InChI=1S/C10H18/c1-9(2)8-10-6-4-3-5-7-10/h3-4,9-10H,5-8H2,1-2H3. The molecular formula is C10H18. The van der Waals surface area contributed by atoms with Gasteiger partial charge in [0.25, 0.3) is 0 Å². The topological polar surface area (TPSA) is 0 Å². The summed E-state index contributed by atoms with van der Waals surface area (Å²) in [6.07, 6.45) is 10.2. The molecule has 10 heavy (non-hydrogen) atoms. The molecule has 0 nitrogen and oxygen atoms in total. The zero-order valence-corrected chi connectivity index (χ0v) is 7.14. The third kappa shape index (κ3) is 2.55. The Kier molecular flexibility index (Phi) is 2.98. The summed E-state index contributed by atoms with van der Waals surface area (Å²) in [5.74, 6) is 1.88. The van der Waals surface area contributed by atoms with Gasteiger partial charge in [0.15, 0.2) is 0 Å². The van der Waals surface area contributed by atoms with Crippen molar-refractivity contribution in [3.05, 3.63) is 12.2 Å². The second-order valence-corrected chi connectivity index (χ2v) is 3.78. The molecule has 1 unspecified atom stereocenters. The molecule has 1 rings (SSSR count). The Morgan fingerprint density at radius 3 is 2.70 bits per heavy atom. The predicted molar refractivity (Wildman–Crippen MR) is 45.9 cm³/mol. The van der Waals surface area contributed by atoms with E-state index in [-0.39, 0.29) is 0 Å². The monoisotopic (exact) mass is 138 g/mol. The highest BCUT2D eigenvalue weighted by atomic mass is 14.2. The van der Waals surface area contributed by atoms with Crippen LogP contribution in [0.3, 0.4) is 0 Å². The van der Waals surface area contributed by atoms with Gasteiger partial charge in [-0.25, -0.2) is 0 Å². The van der Waals surface area contributed by atoms with Crippen LogP contribution in [0.15, 0.2) is 12.2 Å². The van der Waals surface area contributed by atoms with Crippen LogP contribution in [0.25, 0.3) is 0 Å². The predicted octanol–water partition coefficient (Wildman–Crippen LogP) is 3.39.